The van der Waals surface area contributed by atoms with Gasteiger partial charge in [0, 0.05) is 105 Å². The molecule has 0 spiro atoms. The van der Waals surface area contributed by atoms with Crippen molar-refractivity contribution in [2.75, 3.05) is 0 Å². The Morgan fingerprint density at radius 3 is 0.891 bits per heavy atom. The van der Waals surface area contributed by atoms with Crippen LogP contribution in [0.2, 0.25) is 0 Å². The Balaban J connectivity index is 0.962. The van der Waals surface area contributed by atoms with E-state index >= 15 is 0 Å². The van der Waals surface area contributed by atoms with Gasteiger partial charge in [0.25, 0.3) is 0 Å². The van der Waals surface area contributed by atoms with Gasteiger partial charge in [0.05, 0.1) is 0 Å². The lowest BCUT2D eigenvalue weighted by Gasteiger charge is -2.04. The first-order chi connectivity index (χ1) is 27.1. The van der Waals surface area contributed by atoms with Crippen LogP contribution in [0.4, 0.5) is 0 Å². The Hall–Kier alpha value is -5.88. The average Bonchev–Trinajstić information content (AvgIpc) is 4.07. The normalized spacial score (nSPS) is 12.1. The highest BCUT2D eigenvalue weighted by Gasteiger charge is 2.17. The summed E-state index contributed by atoms with van der Waals surface area (Å²) in [6, 6.07) is 54.8. The van der Waals surface area contributed by atoms with Crippen molar-refractivity contribution >= 4 is 88.1 Å². The molecule has 11 aromatic rings. The van der Waals surface area contributed by atoms with E-state index in [2.05, 4.69) is 180 Å². The van der Waals surface area contributed by atoms with E-state index in [1.807, 2.05) is 22.7 Å². The number of aryl methyl sites for hydroxylation is 3. The monoisotopic (exact) mass is 745 g/mol. The minimum atomic E-state index is 0.929. The SMILES string of the molecule is CCn1c2ccccc2c2cc(-c3ccc(-c4ccc5c(c4)c4cc(-c6ccc(-c7ccc8c(c7)c7ccccc7n8CC)s6)ccc4n5CC)s3)ccc21. The highest BCUT2D eigenvalue weighted by atomic mass is 32.1. The molecule has 0 fully saturated rings. The van der Waals surface area contributed by atoms with E-state index in [9.17, 15) is 0 Å². The summed E-state index contributed by atoms with van der Waals surface area (Å²) < 4.78 is 7.31. The topological polar surface area (TPSA) is 14.8 Å². The van der Waals surface area contributed by atoms with E-state index in [0.717, 1.165) is 19.6 Å². The summed E-state index contributed by atoms with van der Waals surface area (Å²) in [5.41, 5.74) is 12.9. The van der Waals surface area contributed by atoms with Gasteiger partial charge in [-0.25, -0.2) is 0 Å². The van der Waals surface area contributed by atoms with Crippen LogP contribution in [0.1, 0.15) is 20.8 Å². The van der Waals surface area contributed by atoms with Crippen molar-refractivity contribution in [1.29, 1.82) is 0 Å². The molecule has 5 aromatic heterocycles. The number of hydrogen-bond acceptors (Lipinski definition) is 2. The molecule has 0 aliphatic heterocycles. The Morgan fingerprint density at radius 1 is 0.309 bits per heavy atom. The number of fused-ring (bicyclic) bond motifs is 9. The zero-order chi connectivity index (χ0) is 36.8. The molecule has 0 N–H and O–H groups in total. The van der Waals surface area contributed by atoms with Crippen molar-refractivity contribution in [3.63, 3.8) is 0 Å². The fraction of sp³-hybridized carbons (Fsp3) is 0.120. The number of benzene rings is 6. The maximum atomic E-state index is 2.46. The molecule has 0 radical (unpaired) electrons. The van der Waals surface area contributed by atoms with Crippen LogP contribution in [0.5, 0.6) is 0 Å². The van der Waals surface area contributed by atoms with Crippen molar-refractivity contribution in [1.82, 2.24) is 13.7 Å². The average molecular weight is 746 g/mol. The lowest BCUT2D eigenvalue weighted by atomic mass is 10.1. The maximum Gasteiger partial charge on any atom is 0.0491 e. The summed E-state index contributed by atoms with van der Waals surface area (Å²) in [7, 11) is 0. The van der Waals surface area contributed by atoms with Gasteiger partial charge in [-0.05, 0) is 128 Å². The molecule has 0 atom stereocenters. The third-order valence-corrected chi connectivity index (χ3v) is 14.1. The smallest absolute Gasteiger partial charge is 0.0491 e. The second-order valence-corrected chi connectivity index (χ2v) is 16.7. The number of thiophene rings is 2. The number of hydrogen-bond donors (Lipinski definition) is 0. The molecule has 55 heavy (non-hydrogen) atoms. The molecule has 0 unspecified atom stereocenters. The van der Waals surface area contributed by atoms with Gasteiger partial charge in [-0.2, -0.15) is 0 Å². The second-order valence-electron chi connectivity index (χ2n) is 14.5. The number of para-hydroxylation sites is 2. The molecule has 0 saturated heterocycles. The molecular weight excluding hydrogens is 707 g/mol. The Morgan fingerprint density at radius 2 is 0.582 bits per heavy atom. The highest BCUT2D eigenvalue weighted by Crippen LogP contribution is 2.42. The maximum absolute atomic E-state index is 2.46. The summed E-state index contributed by atoms with van der Waals surface area (Å²) in [5.74, 6) is 0. The molecule has 11 rings (SSSR count). The van der Waals surface area contributed by atoms with Crippen molar-refractivity contribution < 1.29 is 0 Å². The van der Waals surface area contributed by atoms with Crippen molar-refractivity contribution in [3.8, 4) is 41.8 Å². The molecular formula is C50H39N3S2. The van der Waals surface area contributed by atoms with E-state index in [1.54, 1.807) is 0 Å². The van der Waals surface area contributed by atoms with E-state index in [0.29, 0.717) is 0 Å². The summed E-state index contributed by atoms with van der Waals surface area (Å²) in [6.45, 7) is 9.56. The molecule has 266 valence electrons. The molecule has 5 heteroatoms. The van der Waals surface area contributed by atoms with Crippen molar-refractivity contribution in [2.24, 2.45) is 0 Å². The van der Waals surface area contributed by atoms with Crippen LogP contribution in [0.25, 0.3) is 107 Å². The van der Waals surface area contributed by atoms with E-state index < -0.39 is 0 Å². The van der Waals surface area contributed by atoms with Gasteiger partial charge in [0.1, 0.15) is 0 Å². The first-order valence-electron chi connectivity index (χ1n) is 19.4. The van der Waals surface area contributed by atoms with Crippen LogP contribution >= 0.6 is 22.7 Å². The predicted molar refractivity (Wildman–Crippen MR) is 240 cm³/mol. The summed E-state index contributed by atoms with van der Waals surface area (Å²) in [5, 5.41) is 7.94. The van der Waals surface area contributed by atoms with Crippen molar-refractivity contribution in [2.45, 2.75) is 40.4 Å². The van der Waals surface area contributed by atoms with Crippen LogP contribution in [0, 0.1) is 0 Å². The molecule has 0 bridgehead atoms. The van der Waals surface area contributed by atoms with Gasteiger partial charge >= 0.3 is 0 Å². The molecule has 0 saturated carbocycles. The van der Waals surface area contributed by atoms with Gasteiger partial charge in [-0.15, -0.1) is 22.7 Å². The summed E-state index contributed by atoms with van der Waals surface area (Å²) >= 11 is 3.77. The van der Waals surface area contributed by atoms with E-state index in [-0.39, 0.29) is 0 Å². The second kappa shape index (κ2) is 12.6. The zero-order valence-corrected chi connectivity index (χ0v) is 32.8. The van der Waals surface area contributed by atoms with Gasteiger partial charge in [-0.3, -0.25) is 0 Å². The number of aromatic nitrogens is 3. The van der Waals surface area contributed by atoms with Gasteiger partial charge in [0.2, 0.25) is 0 Å². The Bertz CT molecular complexity index is 3070. The predicted octanol–water partition coefficient (Wildman–Crippen LogP) is 14.9. The molecule has 0 amide bonds. The quantitative estimate of drug-likeness (QED) is 0.154. The Labute approximate surface area is 327 Å². The third kappa shape index (κ3) is 4.93. The van der Waals surface area contributed by atoms with Crippen LogP contribution in [-0.2, 0) is 19.6 Å². The minimum Gasteiger partial charge on any atom is -0.341 e. The lowest BCUT2D eigenvalue weighted by Crippen LogP contribution is -1.92. The van der Waals surface area contributed by atoms with Crippen LogP contribution < -0.4 is 0 Å². The van der Waals surface area contributed by atoms with E-state index in [4.69, 9.17) is 0 Å². The summed E-state index contributed by atoms with van der Waals surface area (Å²) in [4.78, 5) is 5.19. The molecule has 5 heterocycles. The van der Waals surface area contributed by atoms with Crippen molar-refractivity contribution in [3.05, 3.63) is 146 Å². The van der Waals surface area contributed by atoms with Crippen LogP contribution in [0.3, 0.4) is 0 Å². The molecule has 0 aliphatic rings. The highest BCUT2D eigenvalue weighted by molar-refractivity contribution is 7.19. The van der Waals surface area contributed by atoms with Gasteiger partial charge < -0.3 is 13.7 Å². The fourth-order valence-electron chi connectivity index (χ4n) is 9.14. The standard InChI is InChI=1S/C50H39N3S2/c1-4-51-41-13-9-7-11-35(41)37-27-31(15-19-43(37)51)47-23-25-49(54-47)33-17-21-45-39(29-33)40-30-34(18-22-46(40)53(45)6-3)50-26-24-48(55-50)32-16-20-44-38(28-32)36-12-8-10-14-42(36)52(44)5-2/h7-30H,4-6H2,1-3H3. The number of nitrogens with zero attached hydrogens (tertiary/aromatic N) is 3. The van der Waals surface area contributed by atoms with Gasteiger partial charge in [-0.1, -0.05) is 60.7 Å². The third-order valence-electron chi connectivity index (χ3n) is 11.7. The fourth-order valence-corrected chi connectivity index (χ4v) is 11.1. The zero-order valence-electron chi connectivity index (χ0n) is 31.1. The van der Waals surface area contributed by atoms with Crippen LogP contribution in [-0.4, -0.2) is 13.7 Å². The summed E-state index contributed by atoms with van der Waals surface area (Å²) in [6.07, 6.45) is 0. The largest absolute Gasteiger partial charge is 0.341 e. The first kappa shape index (κ1) is 32.5. The minimum absolute atomic E-state index is 0.929. The van der Waals surface area contributed by atoms with Gasteiger partial charge in [0.15, 0.2) is 0 Å². The number of rotatable bonds is 7. The van der Waals surface area contributed by atoms with E-state index in [1.165, 1.54) is 107 Å². The first-order valence-corrected chi connectivity index (χ1v) is 21.0. The molecule has 3 nitrogen and oxygen atoms in total. The molecule has 6 aromatic carbocycles. The lowest BCUT2D eigenvalue weighted by molar-refractivity contribution is 0.827. The Kier molecular flexibility index (Phi) is 7.45. The molecule has 0 aliphatic carbocycles. The van der Waals surface area contributed by atoms with Crippen LogP contribution in [0.15, 0.2) is 146 Å².